The van der Waals surface area contributed by atoms with Gasteiger partial charge in [0.15, 0.2) is 8.32 Å². The maximum absolute atomic E-state index is 12.4. The molecule has 3 atom stereocenters. The van der Waals surface area contributed by atoms with E-state index in [9.17, 15) is 4.79 Å². The number of amides is 1. The monoisotopic (exact) mass is 423 g/mol. The van der Waals surface area contributed by atoms with Gasteiger partial charge in [-0.05, 0) is 44.3 Å². The molecule has 3 nitrogen and oxygen atoms in total. The minimum Gasteiger partial charge on any atom is -0.412 e. The third-order valence-electron chi connectivity index (χ3n) is 5.90. The molecule has 2 aliphatic rings. The number of hydrogen-bond acceptors (Lipinski definition) is 2. The number of nitrogens with zero attached hydrogens (tertiary/aromatic N) is 1. The van der Waals surface area contributed by atoms with E-state index in [4.69, 9.17) is 4.43 Å². The summed E-state index contributed by atoms with van der Waals surface area (Å²) in [7, 11) is -1.79. The molecule has 0 aromatic rings. The zero-order valence-electron chi connectivity index (χ0n) is 14.3. The molecule has 0 aromatic carbocycles. The Labute approximate surface area is 144 Å². The normalized spacial score (nSPS) is 34.2. The van der Waals surface area contributed by atoms with Gasteiger partial charge in [-0.15, -0.1) is 0 Å². The summed E-state index contributed by atoms with van der Waals surface area (Å²) < 4.78 is 7.78. The third kappa shape index (κ3) is 3.07. The zero-order valence-corrected chi connectivity index (χ0v) is 17.5. The van der Waals surface area contributed by atoms with Crippen LogP contribution in [-0.4, -0.2) is 41.2 Å². The van der Waals surface area contributed by atoms with E-state index in [1.54, 1.807) is 0 Å². The second kappa shape index (κ2) is 5.78. The number of halogens is 1. The van der Waals surface area contributed by atoms with Gasteiger partial charge in [-0.25, -0.2) is 0 Å². The van der Waals surface area contributed by atoms with Crippen molar-refractivity contribution in [1.82, 2.24) is 4.90 Å². The summed E-state index contributed by atoms with van der Waals surface area (Å²) in [6, 6.07) is 0.411. The van der Waals surface area contributed by atoms with E-state index < -0.39 is 8.32 Å². The molecule has 2 saturated heterocycles. The van der Waals surface area contributed by atoms with Crippen LogP contribution >= 0.6 is 22.6 Å². The molecule has 0 bridgehead atoms. The molecular formula is C16H30INO2Si. The van der Waals surface area contributed by atoms with Crippen molar-refractivity contribution in [3.05, 3.63) is 0 Å². The molecule has 21 heavy (non-hydrogen) atoms. The molecule has 2 fully saturated rings. The highest BCUT2D eigenvalue weighted by Crippen LogP contribution is 2.46. The van der Waals surface area contributed by atoms with Crippen molar-refractivity contribution >= 4 is 36.8 Å². The molecule has 2 aliphatic heterocycles. The van der Waals surface area contributed by atoms with Crippen molar-refractivity contribution in [2.24, 2.45) is 0 Å². The molecule has 0 saturated carbocycles. The molecule has 0 aromatic heterocycles. The van der Waals surface area contributed by atoms with Gasteiger partial charge in [0.25, 0.3) is 0 Å². The number of alkyl halides is 1. The summed E-state index contributed by atoms with van der Waals surface area (Å²) in [5, 5.41) is 0.219. The first-order chi connectivity index (χ1) is 9.53. The Hall–Kier alpha value is 0.377. The van der Waals surface area contributed by atoms with Gasteiger partial charge in [0, 0.05) is 16.9 Å². The zero-order chi connectivity index (χ0) is 16.1. The highest BCUT2D eigenvalue weighted by atomic mass is 127. The fourth-order valence-electron chi connectivity index (χ4n) is 3.48. The molecule has 2 rings (SSSR count). The minimum atomic E-state index is -1.79. The lowest BCUT2D eigenvalue weighted by molar-refractivity contribution is -0.148. The number of fused-ring (bicyclic) bond motifs is 1. The topological polar surface area (TPSA) is 29.5 Å². The quantitative estimate of drug-likeness (QED) is 0.384. The van der Waals surface area contributed by atoms with Crippen LogP contribution in [0.25, 0.3) is 0 Å². The molecule has 2 heterocycles. The van der Waals surface area contributed by atoms with Crippen LogP contribution in [0, 0.1) is 0 Å². The third-order valence-corrected chi connectivity index (χ3v) is 11.4. The van der Waals surface area contributed by atoms with Crippen LogP contribution in [0.15, 0.2) is 0 Å². The smallest absolute Gasteiger partial charge is 0.223 e. The van der Waals surface area contributed by atoms with Crippen molar-refractivity contribution in [1.29, 1.82) is 0 Å². The average molecular weight is 423 g/mol. The Kier molecular flexibility index (Phi) is 4.88. The van der Waals surface area contributed by atoms with E-state index in [-0.39, 0.29) is 16.7 Å². The maximum atomic E-state index is 12.4. The van der Waals surface area contributed by atoms with Gasteiger partial charge in [-0.1, -0.05) is 43.4 Å². The number of carbonyl (C=O) groups is 1. The lowest BCUT2D eigenvalue weighted by Gasteiger charge is -2.51. The Balaban J connectivity index is 2.24. The summed E-state index contributed by atoms with van der Waals surface area (Å²) in [6.07, 6.45) is 3.98. The first kappa shape index (κ1) is 17.7. The van der Waals surface area contributed by atoms with Crippen LogP contribution in [0.4, 0.5) is 0 Å². The standard InChI is InChI=1S/C16H30INO2Si/c1-15(2,3)21(5,6)20-13-7-8-14(19)18-12(11-17)9-10-16(13,18)4/h12-13H,7-11H2,1-6H3/t12-,13-,16-/m0/s1. The lowest BCUT2D eigenvalue weighted by atomic mass is 9.85. The van der Waals surface area contributed by atoms with Gasteiger partial charge in [0.1, 0.15) is 0 Å². The molecule has 1 amide bonds. The van der Waals surface area contributed by atoms with Crippen LogP contribution in [0.1, 0.15) is 53.4 Å². The molecule has 0 radical (unpaired) electrons. The number of piperidine rings is 1. The highest BCUT2D eigenvalue weighted by molar-refractivity contribution is 14.1. The minimum absolute atomic E-state index is 0.0826. The maximum Gasteiger partial charge on any atom is 0.223 e. The lowest BCUT2D eigenvalue weighted by Crippen LogP contribution is -2.62. The van der Waals surface area contributed by atoms with E-state index in [1.165, 1.54) is 0 Å². The predicted molar refractivity (Wildman–Crippen MR) is 98.5 cm³/mol. The predicted octanol–water partition coefficient (Wildman–Crippen LogP) is 4.36. The first-order valence-corrected chi connectivity index (χ1v) is 12.5. The van der Waals surface area contributed by atoms with Gasteiger partial charge in [-0.3, -0.25) is 4.79 Å². The SMILES string of the molecule is CC(C)(C)[Si](C)(C)O[C@H]1CCC(=O)N2[C@H](CI)CC[C@@]12C. The molecule has 0 spiro atoms. The average Bonchev–Trinajstić information content (AvgIpc) is 2.70. The largest absolute Gasteiger partial charge is 0.412 e. The second-order valence-corrected chi connectivity index (χ2v) is 14.0. The summed E-state index contributed by atoms with van der Waals surface area (Å²) in [4.78, 5) is 14.6. The Morgan fingerprint density at radius 3 is 2.52 bits per heavy atom. The molecule has 122 valence electrons. The van der Waals surface area contributed by atoms with Gasteiger partial charge >= 0.3 is 0 Å². The Morgan fingerprint density at radius 2 is 2.00 bits per heavy atom. The highest BCUT2D eigenvalue weighted by Gasteiger charge is 2.54. The van der Waals surface area contributed by atoms with Gasteiger partial charge in [0.05, 0.1) is 11.6 Å². The van der Waals surface area contributed by atoms with Crippen LogP contribution in [0.3, 0.4) is 0 Å². The van der Waals surface area contributed by atoms with Crippen molar-refractivity contribution in [2.45, 2.75) is 89.2 Å². The summed E-state index contributed by atoms with van der Waals surface area (Å²) in [6.45, 7) is 13.8. The summed E-state index contributed by atoms with van der Waals surface area (Å²) >= 11 is 2.42. The van der Waals surface area contributed by atoms with E-state index in [0.717, 1.165) is 23.7 Å². The number of rotatable bonds is 3. The van der Waals surface area contributed by atoms with Gasteiger partial charge in [0.2, 0.25) is 5.91 Å². The van der Waals surface area contributed by atoms with Crippen molar-refractivity contribution in [3.8, 4) is 0 Å². The van der Waals surface area contributed by atoms with Crippen molar-refractivity contribution in [3.63, 3.8) is 0 Å². The van der Waals surface area contributed by atoms with Gasteiger partial charge < -0.3 is 9.33 Å². The summed E-state index contributed by atoms with van der Waals surface area (Å²) in [5.74, 6) is 0.340. The second-order valence-electron chi connectivity index (χ2n) is 8.37. The van der Waals surface area contributed by atoms with E-state index in [1.807, 2.05) is 0 Å². The van der Waals surface area contributed by atoms with Crippen LogP contribution in [-0.2, 0) is 9.22 Å². The first-order valence-electron chi connectivity index (χ1n) is 8.09. The number of carbonyl (C=O) groups excluding carboxylic acids is 1. The van der Waals surface area contributed by atoms with Crippen LogP contribution < -0.4 is 0 Å². The van der Waals surface area contributed by atoms with Crippen LogP contribution in [0.5, 0.6) is 0 Å². The Bertz CT molecular complexity index is 421. The Morgan fingerprint density at radius 1 is 1.38 bits per heavy atom. The molecule has 0 unspecified atom stereocenters. The van der Waals surface area contributed by atoms with Crippen molar-refractivity contribution < 1.29 is 9.22 Å². The molecule has 0 aliphatic carbocycles. The molecule has 5 heteroatoms. The number of hydrogen-bond donors (Lipinski definition) is 0. The van der Waals surface area contributed by atoms with Gasteiger partial charge in [-0.2, -0.15) is 0 Å². The fourth-order valence-corrected chi connectivity index (χ4v) is 5.75. The fraction of sp³-hybridized carbons (Fsp3) is 0.938. The van der Waals surface area contributed by atoms with Crippen LogP contribution in [0.2, 0.25) is 18.1 Å². The van der Waals surface area contributed by atoms with Crippen molar-refractivity contribution in [2.75, 3.05) is 4.43 Å². The van der Waals surface area contributed by atoms with E-state index in [0.29, 0.717) is 18.4 Å². The summed E-state index contributed by atoms with van der Waals surface area (Å²) in [5.41, 5.74) is -0.0826. The van der Waals surface area contributed by atoms with E-state index >= 15 is 0 Å². The molecule has 0 N–H and O–H groups in total. The molecular weight excluding hydrogens is 393 g/mol. The van der Waals surface area contributed by atoms with E-state index in [2.05, 4.69) is 68.3 Å².